The number of aromatic nitrogens is 5. The van der Waals surface area contributed by atoms with E-state index in [0.29, 0.717) is 5.94 Å². The number of thioether (sulfide) groups is 1. The topological polar surface area (TPSA) is 120 Å². The maximum absolute atomic E-state index is 12.1. The lowest BCUT2D eigenvalue weighted by Crippen LogP contribution is -2.29. The summed E-state index contributed by atoms with van der Waals surface area (Å²) >= 11 is 1.32. The molecule has 0 unspecified atom stereocenters. The van der Waals surface area contributed by atoms with Gasteiger partial charge in [0, 0.05) is 7.11 Å². The molecule has 2 rings (SSSR count). The first-order chi connectivity index (χ1) is 9.51. The lowest BCUT2D eigenvalue weighted by atomic mass is 10.8. The maximum atomic E-state index is 12.1. The fourth-order valence-corrected chi connectivity index (χ4v) is 2.72. The molecule has 2 aromatic rings. The Morgan fingerprint density at radius 3 is 2.90 bits per heavy atom. The number of methoxy groups -OCH3 is 1. The number of sulfonamides is 1. The Kier molecular flexibility index (Phi) is 4.37. The van der Waals surface area contributed by atoms with Crippen LogP contribution in [0.1, 0.15) is 0 Å². The van der Waals surface area contributed by atoms with E-state index in [0.717, 1.165) is 15.4 Å². The van der Waals surface area contributed by atoms with Crippen molar-refractivity contribution >= 4 is 27.4 Å². The van der Waals surface area contributed by atoms with Crippen molar-refractivity contribution in [1.29, 1.82) is 0 Å². The fraction of sp³-hybridized carbons (Fsp3) is 0.500. The molecule has 0 aliphatic rings. The van der Waals surface area contributed by atoms with Crippen LogP contribution in [0.4, 0.5) is 0 Å². The van der Waals surface area contributed by atoms with Gasteiger partial charge in [-0.15, -0.1) is 16.9 Å². The molecule has 2 heterocycles. The highest BCUT2D eigenvalue weighted by Crippen LogP contribution is 2.10. The summed E-state index contributed by atoms with van der Waals surface area (Å²) in [5.74, 6) is 0.636. The Morgan fingerprint density at radius 2 is 2.25 bits per heavy atom. The molecule has 110 valence electrons. The van der Waals surface area contributed by atoms with Gasteiger partial charge in [0.25, 0.3) is 10.0 Å². The van der Waals surface area contributed by atoms with Crippen molar-refractivity contribution in [3.05, 3.63) is 16.8 Å². The highest BCUT2D eigenvalue weighted by atomic mass is 32.2. The second-order valence-electron chi connectivity index (χ2n) is 3.56. The number of hydrogen-bond acceptors (Lipinski definition) is 8. The molecule has 20 heavy (non-hydrogen) atoms. The second kappa shape index (κ2) is 5.87. The molecule has 10 nitrogen and oxygen atoms in total. The van der Waals surface area contributed by atoms with E-state index in [1.165, 1.54) is 25.9 Å². The van der Waals surface area contributed by atoms with Crippen molar-refractivity contribution in [2.75, 3.05) is 20.1 Å². The van der Waals surface area contributed by atoms with E-state index in [9.17, 15) is 13.2 Å². The van der Waals surface area contributed by atoms with Crippen LogP contribution in [0.3, 0.4) is 0 Å². The maximum Gasteiger partial charge on any atom is 0.353 e. The van der Waals surface area contributed by atoms with E-state index in [1.807, 2.05) is 0 Å². The molecule has 0 amide bonds. The summed E-state index contributed by atoms with van der Waals surface area (Å²) in [5, 5.41) is 7.09. The van der Waals surface area contributed by atoms with Crippen molar-refractivity contribution in [2.24, 2.45) is 0 Å². The number of nitrogens with one attached hydrogen (secondary N) is 1. The zero-order chi connectivity index (χ0) is 14.8. The third-order valence-corrected chi connectivity index (χ3v) is 4.49. The predicted octanol–water partition coefficient (Wildman–Crippen LogP) is -1.51. The van der Waals surface area contributed by atoms with Crippen LogP contribution in [0.2, 0.25) is 0 Å². The van der Waals surface area contributed by atoms with E-state index < -0.39 is 15.7 Å². The van der Waals surface area contributed by atoms with Crippen LogP contribution >= 0.6 is 11.8 Å². The molecular formula is C8H12N6O4S2. The Bertz CT molecular complexity index is 767. The molecule has 0 bridgehead atoms. The normalized spacial score (nSPS) is 12.1. The van der Waals surface area contributed by atoms with Gasteiger partial charge in [0.1, 0.15) is 6.33 Å². The average molecular weight is 320 g/mol. The first kappa shape index (κ1) is 14.9. The third-order valence-electron chi connectivity index (χ3n) is 2.32. The van der Waals surface area contributed by atoms with Crippen LogP contribution in [-0.2, 0) is 20.6 Å². The van der Waals surface area contributed by atoms with Crippen molar-refractivity contribution in [3.8, 4) is 0 Å². The van der Waals surface area contributed by atoms with Gasteiger partial charge in [-0.25, -0.2) is 27.3 Å². The minimum atomic E-state index is -3.79. The molecule has 2 aromatic heterocycles. The lowest BCUT2D eigenvalue weighted by molar-refractivity contribution is 0.258. The first-order valence-electron chi connectivity index (χ1n) is 5.32. The van der Waals surface area contributed by atoms with Crippen molar-refractivity contribution in [2.45, 2.75) is 10.9 Å². The minimum Gasteiger partial charge on any atom is -0.374 e. The minimum absolute atomic E-state index is 0.114. The molecule has 0 saturated heterocycles. The van der Waals surface area contributed by atoms with Gasteiger partial charge in [-0.1, -0.05) is 5.21 Å². The van der Waals surface area contributed by atoms with E-state index in [4.69, 9.17) is 4.74 Å². The molecule has 0 aromatic carbocycles. The summed E-state index contributed by atoms with van der Waals surface area (Å²) in [6, 6.07) is 0. The standard InChI is InChI=1S/C8H12N6O4S2/c1-9-20(16,17)7-6-11-12-14(4-19-5-18-2)8(15)13(6)3-10-7/h3,9H,4-5H2,1-2H3. The zero-order valence-corrected chi connectivity index (χ0v) is 12.3. The molecule has 1 N–H and O–H groups in total. The first-order valence-corrected chi connectivity index (χ1v) is 7.96. The Labute approximate surface area is 118 Å². The quantitative estimate of drug-likeness (QED) is 0.504. The van der Waals surface area contributed by atoms with E-state index in [-0.39, 0.29) is 16.5 Å². The number of rotatable bonds is 6. The zero-order valence-electron chi connectivity index (χ0n) is 10.7. The van der Waals surface area contributed by atoms with Crippen molar-refractivity contribution in [1.82, 2.24) is 29.1 Å². The van der Waals surface area contributed by atoms with Gasteiger partial charge in [-0.05, 0) is 7.05 Å². The van der Waals surface area contributed by atoms with Gasteiger partial charge in [-0.2, -0.15) is 4.68 Å². The number of imidazole rings is 1. The van der Waals surface area contributed by atoms with Crippen LogP contribution in [0.5, 0.6) is 0 Å². The number of nitrogens with zero attached hydrogens (tertiary/aromatic N) is 5. The number of fused-ring (bicyclic) bond motifs is 1. The van der Waals surface area contributed by atoms with Crippen molar-refractivity contribution < 1.29 is 13.2 Å². The largest absolute Gasteiger partial charge is 0.374 e. The van der Waals surface area contributed by atoms with Crippen molar-refractivity contribution in [3.63, 3.8) is 0 Å². The molecule has 0 spiro atoms. The second-order valence-corrected chi connectivity index (χ2v) is 6.27. The van der Waals surface area contributed by atoms with Crippen LogP contribution in [0, 0.1) is 0 Å². The molecule has 0 saturated carbocycles. The van der Waals surface area contributed by atoms with Crippen LogP contribution in [0.25, 0.3) is 5.65 Å². The van der Waals surface area contributed by atoms with Crippen LogP contribution in [-0.4, -0.2) is 52.9 Å². The summed E-state index contributed by atoms with van der Waals surface area (Å²) in [6.07, 6.45) is 1.11. The van der Waals surface area contributed by atoms with Crippen LogP contribution < -0.4 is 10.4 Å². The Balaban J connectivity index is 2.47. The summed E-state index contributed by atoms with van der Waals surface area (Å²) < 4.78 is 32.5. The smallest absolute Gasteiger partial charge is 0.353 e. The molecule has 0 fully saturated rings. The Hall–Kier alpha value is -1.50. The van der Waals surface area contributed by atoms with E-state index in [1.54, 1.807) is 0 Å². The molecule has 0 aliphatic heterocycles. The summed E-state index contributed by atoms with van der Waals surface area (Å²) in [5.41, 5.74) is -0.638. The predicted molar refractivity (Wildman–Crippen MR) is 70.8 cm³/mol. The third kappa shape index (κ3) is 2.67. The van der Waals surface area contributed by atoms with Gasteiger partial charge in [0.05, 0.1) is 11.8 Å². The fourth-order valence-electron chi connectivity index (χ4n) is 1.39. The molecule has 0 atom stereocenters. The molecular weight excluding hydrogens is 308 g/mol. The monoisotopic (exact) mass is 320 g/mol. The number of hydrogen-bond donors (Lipinski definition) is 1. The SMILES string of the molecule is CNS(=O)(=O)c1ncn2c(=O)n(CSCOC)nnc12. The lowest BCUT2D eigenvalue weighted by Gasteiger charge is -2.03. The summed E-state index contributed by atoms with van der Waals surface area (Å²) in [7, 11) is -1.01. The highest BCUT2D eigenvalue weighted by molar-refractivity contribution is 7.98. The molecule has 0 radical (unpaired) electrons. The van der Waals surface area contributed by atoms with Gasteiger partial charge in [0.2, 0.25) is 10.7 Å². The van der Waals surface area contributed by atoms with Gasteiger partial charge in [0.15, 0.2) is 0 Å². The molecule has 0 aliphatic carbocycles. The van der Waals surface area contributed by atoms with Crippen LogP contribution in [0.15, 0.2) is 16.1 Å². The number of ether oxygens (including phenoxy) is 1. The highest BCUT2D eigenvalue weighted by Gasteiger charge is 2.21. The van der Waals surface area contributed by atoms with Gasteiger partial charge in [-0.3, -0.25) is 0 Å². The Morgan fingerprint density at radius 1 is 1.50 bits per heavy atom. The summed E-state index contributed by atoms with van der Waals surface area (Å²) in [6.45, 7) is 0. The van der Waals surface area contributed by atoms with E-state index >= 15 is 0 Å². The average Bonchev–Trinajstić information content (AvgIpc) is 2.87. The van der Waals surface area contributed by atoms with Gasteiger partial charge >= 0.3 is 5.69 Å². The van der Waals surface area contributed by atoms with Gasteiger partial charge < -0.3 is 4.74 Å². The van der Waals surface area contributed by atoms with E-state index in [2.05, 4.69) is 20.0 Å². The molecule has 12 heteroatoms. The summed E-state index contributed by atoms with van der Waals surface area (Å²) in [4.78, 5) is 15.8.